The predicted molar refractivity (Wildman–Crippen MR) is 120 cm³/mol. The average Bonchev–Trinajstić information content (AvgIpc) is 3.24. The molecular weight excluding hydrogens is 410 g/mol. The van der Waals surface area contributed by atoms with Gasteiger partial charge < -0.3 is 15.0 Å². The number of anilines is 2. The maximum Gasteiger partial charge on any atom is 0.291 e. The van der Waals surface area contributed by atoms with Gasteiger partial charge in [-0.2, -0.15) is 5.10 Å². The Hall–Kier alpha value is -4.21. The molecule has 2 amide bonds. The standard InChI is InChI=1S/C22H23N7O3/c1-3-24-26-16-9-10-18-19(11-16)32-13-17(22(31)28(18)2)25-21(30)20-23-14-29(27-20)12-15-7-5-4-6-8-15/h3-11,14,17,26H,12-13H2,1-2H3,(H,25,30)/b24-3-/t17-/m0/s1. The van der Waals surface area contributed by atoms with Gasteiger partial charge in [0.05, 0.1) is 17.9 Å². The largest absolute Gasteiger partial charge is 0.489 e. The smallest absolute Gasteiger partial charge is 0.291 e. The summed E-state index contributed by atoms with van der Waals surface area (Å²) in [6.45, 7) is 2.27. The zero-order chi connectivity index (χ0) is 22.5. The SMILES string of the molecule is C/C=N\Nc1ccc2c(c1)OC[C@H](NC(=O)c1ncn(Cc3ccccc3)n1)C(=O)N2C. The number of rotatable bonds is 6. The van der Waals surface area contributed by atoms with E-state index in [2.05, 4.69) is 25.9 Å². The Morgan fingerprint density at radius 1 is 1.28 bits per heavy atom. The highest BCUT2D eigenvalue weighted by Gasteiger charge is 2.31. The number of aromatic nitrogens is 3. The van der Waals surface area contributed by atoms with E-state index in [1.165, 1.54) is 11.2 Å². The number of ether oxygens (including phenoxy) is 1. The molecule has 1 aliphatic rings. The first-order valence-corrected chi connectivity index (χ1v) is 10.1. The minimum absolute atomic E-state index is 0.0120. The van der Waals surface area contributed by atoms with Crippen molar-refractivity contribution in [3.63, 3.8) is 0 Å². The van der Waals surface area contributed by atoms with Crippen molar-refractivity contribution >= 4 is 29.4 Å². The van der Waals surface area contributed by atoms with Gasteiger partial charge in [0.15, 0.2) is 0 Å². The Bertz CT molecular complexity index is 1140. The average molecular weight is 433 g/mol. The lowest BCUT2D eigenvalue weighted by Crippen LogP contribution is -2.49. The molecule has 0 unspecified atom stereocenters. The molecule has 2 heterocycles. The van der Waals surface area contributed by atoms with Crippen LogP contribution >= 0.6 is 0 Å². The van der Waals surface area contributed by atoms with E-state index < -0.39 is 11.9 Å². The van der Waals surface area contributed by atoms with Gasteiger partial charge >= 0.3 is 0 Å². The van der Waals surface area contributed by atoms with Crippen LogP contribution in [0.1, 0.15) is 23.1 Å². The number of hydrogen-bond acceptors (Lipinski definition) is 7. The summed E-state index contributed by atoms with van der Waals surface area (Å²) in [5.74, 6) is -0.341. The van der Waals surface area contributed by atoms with Crippen molar-refractivity contribution in [1.29, 1.82) is 0 Å². The lowest BCUT2D eigenvalue weighted by atomic mass is 10.2. The van der Waals surface area contributed by atoms with Crippen molar-refractivity contribution < 1.29 is 14.3 Å². The van der Waals surface area contributed by atoms with Crippen molar-refractivity contribution in [3.05, 3.63) is 66.2 Å². The normalized spacial score (nSPS) is 15.8. The van der Waals surface area contributed by atoms with Crippen LogP contribution in [0.25, 0.3) is 0 Å². The van der Waals surface area contributed by atoms with E-state index in [1.54, 1.807) is 43.1 Å². The number of amides is 2. The summed E-state index contributed by atoms with van der Waals surface area (Å²) in [7, 11) is 1.64. The minimum atomic E-state index is -0.883. The molecule has 1 aliphatic heterocycles. The molecule has 0 radical (unpaired) electrons. The number of hydrogen-bond donors (Lipinski definition) is 2. The highest BCUT2D eigenvalue weighted by molar-refractivity contribution is 6.02. The molecule has 3 aromatic rings. The van der Waals surface area contributed by atoms with Crippen LogP contribution in [0.2, 0.25) is 0 Å². The van der Waals surface area contributed by atoms with E-state index in [-0.39, 0.29) is 18.3 Å². The third-order valence-electron chi connectivity index (χ3n) is 4.91. The number of benzene rings is 2. The Labute approximate surface area is 184 Å². The van der Waals surface area contributed by atoms with E-state index in [9.17, 15) is 9.59 Å². The first-order valence-electron chi connectivity index (χ1n) is 10.1. The molecule has 0 saturated heterocycles. The van der Waals surface area contributed by atoms with Gasteiger partial charge in [0.1, 0.15) is 24.7 Å². The highest BCUT2D eigenvalue weighted by atomic mass is 16.5. The summed E-state index contributed by atoms with van der Waals surface area (Å²) in [4.78, 5) is 31.1. The molecule has 2 aromatic carbocycles. The second-order valence-electron chi connectivity index (χ2n) is 7.17. The molecular formula is C22H23N7O3. The summed E-state index contributed by atoms with van der Waals surface area (Å²) >= 11 is 0. The van der Waals surface area contributed by atoms with Gasteiger partial charge in [-0.05, 0) is 24.6 Å². The van der Waals surface area contributed by atoms with Crippen molar-refractivity contribution in [3.8, 4) is 5.75 Å². The number of nitrogens with one attached hydrogen (secondary N) is 2. The van der Waals surface area contributed by atoms with Crippen molar-refractivity contribution in [1.82, 2.24) is 20.1 Å². The number of fused-ring (bicyclic) bond motifs is 1. The molecule has 4 rings (SSSR count). The fourth-order valence-electron chi connectivity index (χ4n) is 3.28. The number of hydrazone groups is 1. The number of carbonyl (C=O) groups is 2. The van der Waals surface area contributed by atoms with Crippen molar-refractivity contribution in [2.24, 2.45) is 5.10 Å². The molecule has 164 valence electrons. The third kappa shape index (κ3) is 4.59. The molecule has 1 atom stereocenters. The van der Waals surface area contributed by atoms with E-state index in [0.717, 1.165) is 11.3 Å². The van der Waals surface area contributed by atoms with E-state index in [0.29, 0.717) is 18.0 Å². The Balaban J connectivity index is 1.44. The van der Waals surface area contributed by atoms with Gasteiger partial charge in [0.2, 0.25) is 5.82 Å². The van der Waals surface area contributed by atoms with Crippen molar-refractivity contribution in [2.45, 2.75) is 19.5 Å². The molecule has 1 aromatic heterocycles. The van der Waals surface area contributed by atoms with Crippen LogP contribution in [0, 0.1) is 0 Å². The maximum absolute atomic E-state index is 12.9. The predicted octanol–water partition coefficient (Wildman–Crippen LogP) is 1.90. The molecule has 0 spiro atoms. The van der Waals surface area contributed by atoms with Gasteiger partial charge in [0, 0.05) is 19.3 Å². The van der Waals surface area contributed by atoms with Gasteiger partial charge in [-0.15, -0.1) is 5.10 Å². The van der Waals surface area contributed by atoms with Gasteiger partial charge in [-0.1, -0.05) is 30.3 Å². The molecule has 0 aliphatic carbocycles. The van der Waals surface area contributed by atoms with E-state index >= 15 is 0 Å². The zero-order valence-corrected chi connectivity index (χ0v) is 17.7. The fraction of sp³-hybridized carbons (Fsp3) is 0.227. The first kappa shape index (κ1) is 21.0. The molecule has 0 fully saturated rings. The maximum atomic E-state index is 12.9. The lowest BCUT2D eigenvalue weighted by Gasteiger charge is -2.20. The van der Waals surface area contributed by atoms with Gasteiger partial charge in [-0.3, -0.25) is 15.0 Å². The monoisotopic (exact) mass is 433 g/mol. The molecule has 32 heavy (non-hydrogen) atoms. The van der Waals surface area contributed by atoms with Gasteiger partial charge in [-0.25, -0.2) is 9.67 Å². The summed E-state index contributed by atoms with van der Waals surface area (Å²) in [5, 5.41) is 10.9. The number of likely N-dealkylation sites (N-methyl/N-ethyl adjacent to an activating group) is 1. The van der Waals surface area contributed by atoms with Crippen molar-refractivity contribution in [2.75, 3.05) is 24.0 Å². The van der Waals surface area contributed by atoms with E-state index in [4.69, 9.17) is 4.74 Å². The van der Waals surface area contributed by atoms with Crippen LogP contribution < -0.4 is 20.4 Å². The van der Waals surface area contributed by atoms with Crippen LogP contribution in [0.3, 0.4) is 0 Å². The van der Waals surface area contributed by atoms with Crippen LogP contribution in [-0.2, 0) is 11.3 Å². The fourth-order valence-corrected chi connectivity index (χ4v) is 3.28. The van der Waals surface area contributed by atoms with Crippen LogP contribution in [-0.4, -0.2) is 52.5 Å². The minimum Gasteiger partial charge on any atom is -0.489 e. The summed E-state index contributed by atoms with van der Waals surface area (Å²) in [6.07, 6.45) is 3.12. The topological polar surface area (TPSA) is 114 Å². The van der Waals surface area contributed by atoms with Crippen LogP contribution in [0.5, 0.6) is 5.75 Å². The quantitative estimate of drug-likeness (QED) is 0.453. The Kier molecular flexibility index (Phi) is 6.11. The Morgan fingerprint density at radius 3 is 2.88 bits per heavy atom. The molecule has 10 heteroatoms. The second-order valence-corrected chi connectivity index (χ2v) is 7.17. The zero-order valence-electron chi connectivity index (χ0n) is 17.7. The molecule has 10 nitrogen and oxygen atoms in total. The molecule has 0 saturated carbocycles. The van der Waals surface area contributed by atoms with E-state index in [1.807, 2.05) is 30.3 Å². The second kappa shape index (κ2) is 9.29. The summed E-state index contributed by atoms with van der Waals surface area (Å²) < 4.78 is 7.40. The molecule has 0 bridgehead atoms. The highest BCUT2D eigenvalue weighted by Crippen LogP contribution is 2.33. The van der Waals surface area contributed by atoms with Gasteiger partial charge in [0.25, 0.3) is 11.8 Å². The summed E-state index contributed by atoms with van der Waals surface area (Å²) in [6, 6.07) is 14.1. The van der Waals surface area contributed by atoms with Crippen LogP contribution in [0.4, 0.5) is 11.4 Å². The van der Waals surface area contributed by atoms with Crippen LogP contribution in [0.15, 0.2) is 60.0 Å². The molecule has 2 N–H and O–H groups in total. The third-order valence-corrected chi connectivity index (χ3v) is 4.91. The Morgan fingerprint density at radius 2 is 2.09 bits per heavy atom. The first-order chi connectivity index (χ1) is 15.5. The summed E-state index contributed by atoms with van der Waals surface area (Å²) in [5.41, 5.74) is 5.23. The number of carbonyl (C=O) groups excluding carboxylic acids is 2. The number of nitrogens with zero attached hydrogens (tertiary/aromatic N) is 5. The lowest BCUT2D eigenvalue weighted by molar-refractivity contribution is -0.120.